The zero-order chi connectivity index (χ0) is 23.7. The zero-order valence-corrected chi connectivity index (χ0v) is 16.8. The highest BCUT2D eigenvalue weighted by molar-refractivity contribution is 5.74. The van der Waals surface area contributed by atoms with Crippen molar-refractivity contribution in [2.45, 2.75) is 80.7 Å². The van der Waals surface area contributed by atoms with Crippen LogP contribution in [0, 0.1) is 0 Å². The van der Waals surface area contributed by atoms with Crippen molar-refractivity contribution >= 4 is 11.8 Å². The number of ether oxygens (including phenoxy) is 2. The minimum atomic E-state index is -4.19. The Labute approximate surface area is 175 Å². The van der Waals surface area contributed by atoms with Crippen LogP contribution in [0.1, 0.15) is 13.8 Å². The number of aliphatic hydroxyl groups is 6. The molecule has 180 valence electrons. The maximum Gasteiger partial charge on any atom is 0.303 e. The first kappa shape index (κ1) is 25.7. The molecule has 2 heterocycles. The summed E-state index contributed by atoms with van der Waals surface area (Å²) in [5, 5.41) is 63.4. The smallest absolute Gasteiger partial charge is 0.303 e. The van der Waals surface area contributed by atoms with Gasteiger partial charge in [0.25, 0.3) is 0 Å². The Morgan fingerprint density at radius 2 is 1.10 bits per heavy atom. The van der Waals surface area contributed by atoms with E-state index in [0.29, 0.717) is 0 Å². The Hall–Kier alpha value is -1.52. The van der Waals surface area contributed by atoms with Crippen LogP contribution in [-0.4, -0.2) is 123 Å². The number of halogens is 2. The van der Waals surface area contributed by atoms with Gasteiger partial charge in [-0.3, -0.25) is 9.59 Å². The number of carbonyl (C=O) groups excluding carboxylic acids is 2. The molecule has 14 heteroatoms. The number of rotatable bonds is 6. The van der Waals surface area contributed by atoms with Crippen LogP contribution < -0.4 is 10.6 Å². The Kier molecular flexibility index (Phi) is 8.27. The molecule has 8 N–H and O–H groups in total. The molecule has 2 rings (SSSR count). The van der Waals surface area contributed by atoms with Crippen molar-refractivity contribution in [3.05, 3.63) is 0 Å². The first-order valence-corrected chi connectivity index (χ1v) is 9.53. The van der Waals surface area contributed by atoms with Crippen molar-refractivity contribution in [2.24, 2.45) is 0 Å². The molecule has 0 saturated carbocycles. The molecule has 0 spiro atoms. The summed E-state index contributed by atoms with van der Waals surface area (Å²) in [4.78, 5) is 23.0. The van der Waals surface area contributed by atoms with Gasteiger partial charge in [-0.1, -0.05) is 0 Å². The van der Waals surface area contributed by atoms with Crippen molar-refractivity contribution in [3.8, 4) is 0 Å². The van der Waals surface area contributed by atoms with Gasteiger partial charge in [-0.15, -0.1) is 0 Å². The molecule has 0 radical (unpaired) electrons. The predicted octanol–water partition coefficient (Wildman–Crippen LogP) is -4.41. The third-order valence-corrected chi connectivity index (χ3v) is 5.35. The zero-order valence-electron chi connectivity index (χ0n) is 16.8. The standard InChI is InChI=1S/C17H28F2N2O10/c1-5(24)20-9-13(28)11(26)7(3-22)30-15(9)17(18,19)16-10(21-6(2)25)14(29)12(27)8(4-23)31-16/h7-16,22-23,26-29H,3-4H2,1-2H3,(H,20,24)(H,21,25)/t7-,8-,9-,10-,11-,12-,13-,14-,15?,16?/m1/s1. The van der Waals surface area contributed by atoms with Crippen LogP contribution in [0.4, 0.5) is 8.78 Å². The lowest BCUT2D eigenvalue weighted by Crippen LogP contribution is -2.74. The summed E-state index contributed by atoms with van der Waals surface area (Å²) >= 11 is 0. The molecule has 12 nitrogen and oxygen atoms in total. The molecule has 2 saturated heterocycles. The Bertz CT molecular complexity index is 604. The molecule has 31 heavy (non-hydrogen) atoms. The van der Waals surface area contributed by atoms with Crippen LogP contribution in [0.25, 0.3) is 0 Å². The van der Waals surface area contributed by atoms with Crippen molar-refractivity contribution in [1.29, 1.82) is 0 Å². The number of carbonyl (C=O) groups is 2. The number of hydrogen-bond donors (Lipinski definition) is 8. The SMILES string of the molecule is CC(=O)N[C@H]1C(C(F)(F)C2O[C@H](CO)[C@@H](O)[C@H](O)[C@H]2NC(C)=O)O[C@H](CO)[C@@H](O)[C@@H]1O. The van der Waals surface area contributed by atoms with E-state index in [4.69, 9.17) is 9.47 Å². The summed E-state index contributed by atoms with van der Waals surface area (Å²) < 4.78 is 41.6. The molecule has 10 atom stereocenters. The van der Waals surface area contributed by atoms with E-state index in [1.165, 1.54) is 0 Å². The fourth-order valence-electron chi connectivity index (χ4n) is 3.85. The third-order valence-electron chi connectivity index (χ3n) is 5.35. The fraction of sp³-hybridized carbons (Fsp3) is 0.882. The van der Waals surface area contributed by atoms with Crippen LogP contribution in [0.3, 0.4) is 0 Å². The summed E-state index contributed by atoms with van der Waals surface area (Å²) in [5.74, 6) is -5.87. The van der Waals surface area contributed by atoms with Crippen molar-refractivity contribution in [1.82, 2.24) is 10.6 Å². The highest BCUT2D eigenvalue weighted by atomic mass is 19.3. The van der Waals surface area contributed by atoms with Gasteiger partial charge < -0.3 is 50.7 Å². The van der Waals surface area contributed by atoms with Crippen molar-refractivity contribution in [2.75, 3.05) is 13.2 Å². The highest BCUT2D eigenvalue weighted by Gasteiger charge is 2.63. The van der Waals surface area contributed by atoms with E-state index in [2.05, 4.69) is 10.6 Å². The largest absolute Gasteiger partial charge is 0.394 e. The van der Waals surface area contributed by atoms with Crippen LogP contribution in [-0.2, 0) is 19.1 Å². The molecule has 0 aliphatic carbocycles. The quantitative estimate of drug-likeness (QED) is 0.192. The van der Waals surface area contributed by atoms with Gasteiger partial charge in [0.05, 0.1) is 25.3 Å². The van der Waals surface area contributed by atoms with E-state index in [9.17, 15) is 40.2 Å². The second kappa shape index (κ2) is 9.95. The van der Waals surface area contributed by atoms with Gasteiger partial charge in [0.2, 0.25) is 11.8 Å². The maximum atomic E-state index is 15.7. The summed E-state index contributed by atoms with van der Waals surface area (Å²) in [5.41, 5.74) is 0. The van der Waals surface area contributed by atoms with E-state index in [0.717, 1.165) is 13.8 Å². The average molecular weight is 458 g/mol. The maximum absolute atomic E-state index is 15.7. The van der Waals surface area contributed by atoms with Gasteiger partial charge >= 0.3 is 5.92 Å². The summed E-state index contributed by atoms with van der Waals surface area (Å²) in [6, 6.07) is -3.74. The Morgan fingerprint density at radius 1 is 0.774 bits per heavy atom. The van der Waals surface area contributed by atoms with Crippen molar-refractivity contribution in [3.63, 3.8) is 0 Å². The Morgan fingerprint density at radius 3 is 1.35 bits per heavy atom. The molecule has 2 unspecified atom stereocenters. The van der Waals surface area contributed by atoms with E-state index in [1.54, 1.807) is 0 Å². The third kappa shape index (κ3) is 5.12. The molecule has 2 aliphatic heterocycles. The first-order valence-electron chi connectivity index (χ1n) is 9.53. The lowest BCUT2D eigenvalue weighted by Gasteiger charge is -2.50. The lowest BCUT2D eigenvalue weighted by atomic mass is 9.82. The van der Waals surface area contributed by atoms with E-state index < -0.39 is 91.9 Å². The summed E-state index contributed by atoms with van der Waals surface area (Å²) in [7, 11) is 0. The van der Waals surface area contributed by atoms with E-state index in [1.807, 2.05) is 0 Å². The fourth-order valence-corrected chi connectivity index (χ4v) is 3.85. The lowest BCUT2D eigenvalue weighted by molar-refractivity contribution is -0.307. The molecule has 2 aliphatic rings. The second-order valence-electron chi connectivity index (χ2n) is 7.64. The monoisotopic (exact) mass is 458 g/mol. The molecule has 0 aromatic rings. The molecule has 2 fully saturated rings. The van der Waals surface area contributed by atoms with Crippen LogP contribution >= 0.6 is 0 Å². The first-order chi connectivity index (χ1) is 14.4. The number of hydrogen-bond acceptors (Lipinski definition) is 10. The van der Waals surface area contributed by atoms with Gasteiger partial charge in [0.1, 0.15) is 48.8 Å². The minimum absolute atomic E-state index is 0.838. The van der Waals surface area contributed by atoms with Gasteiger partial charge in [-0.05, 0) is 0 Å². The summed E-state index contributed by atoms with van der Waals surface area (Å²) in [6.45, 7) is 0.0643. The summed E-state index contributed by atoms with van der Waals surface area (Å²) in [6.07, 6.45) is -15.7. The molecule has 2 amide bonds. The number of aliphatic hydroxyl groups excluding tert-OH is 6. The van der Waals surface area contributed by atoms with Crippen molar-refractivity contribution < 1.29 is 58.5 Å². The van der Waals surface area contributed by atoms with Gasteiger partial charge in [0.15, 0.2) is 0 Å². The highest BCUT2D eigenvalue weighted by Crippen LogP contribution is 2.40. The second-order valence-corrected chi connectivity index (χ2v) is 7.64. The number of nitrogens with one attached hydrogen (secondary N) is 2. The molecule has 0 aromatic carbocycles. The van der Waals surface area contributed by atoms with Gasteiger partial charge in [-0.2, -0.15) is 0 Å². The molecular weight excluding hydrogens is 430 g/mol. The molecular formula is C17H28F2N2O10. The van der Waals surface area contributed by atoms with Crippen LogP contribution in [0.15, 0.2) is 0 Å². The Balaban J connectivity index is 2.48. The minimum Gasteiger partial charge on any atom is -0.394 e. The molecule has 0 bridgehead atoms. The normalized spacial score (nSPS) is 41.5. The van der Waals surface area contributed by atoms with E-state index in [-0.39, 0.29) is 0 Å². The predicted molar refractivity (Wildman–Crippen MR) is 95.7 cm³/mol. The van der Waals surface area contributed by atoms with Gasteiger partial charge in [-0.25, -0.2) is 8.78 Å². The molecule has 0 aromatic heterocycles. The van der Waals surface area contributed by atoms with Crippen LogP contribution in [0.2, 0.25) is 0 Å². The van der Waals surface area contributed by atoms with E-state index >= 15 is 8.78 Å². The average Bonchev–Trinajstić information content (AvgIpc) is 2.68. The number of amides is 2. The van der Waals surface area contributed by atoms with Gasteiger partial charge in [0, 0.05) is 13.8 Å². The van der Waals surface area contributed by atoms with Crippen LogP contribution in [0.5, 0.6) is 0 Å². The topological polar surface area (TPSA) is 198 Å². The number of alkyl halides is 2.